The fourth-order valence-corrected chi connectivity index (χ4v) is 2.55. The summed E-state index contributed by atoms with van der Waals surface area (Å²) in [5, 5.41) is 3.50. The van der Waals surface area contributed by atoms with Crippen LogP contribution in [0.5, 0.6) is 0 Å². The van der Waals surface area contributed by atoms with E-state index in [1.165, 1.54) is 19.3 Å². The Morgan fingerprint density at radius 3 is 2.94 bits per heavy atom. The number of nitrogens with zero attached hydrogens (tertiary/aromatic N) is 2. The van der Waals surface area contributed by atoms with Gasteiger partial charge in [0, 0.05) is 32.4 Å². The van der Waals surface area contributed by atoms with E-state index in [1.54, 1.807) is 0 Å². The zero-order valence-electron chi connectivity index (χ0n) is 11.4. The van der Waals surface area contributed by atoms with Crippen LogP contribution < -0.4 is 5.32 Å². The van der Waals surface area contributed by atoms with Crippen LogP contribution in [0, 0.1) is 0 Å². The maximum atomic E-state index is 12.4. The van der Waals surface area contributed by atoms with E-state index < -0.39 is 0 Å². The van der Waals surface area contributed by atoms with Crippen molar-refractivity contribution in [3.63, 3.8) is 0 Å². The minimum Gasteiger partial charge on any atom is -0.347 e. The van der Waals surface area contributed by atoms with E-state index in [2.05, 4.69) is 5.32 Å². The second-order valence-corrected chi connectivity index (χ2v) is 4.99. The molecule has 0 aliphatic carbocycles. The van der Waals surface area contributed by atoms with E-state index in [0.29, 0.717) is 6.04 Å². The maximum Gasteiger partial charge on any atom is 0.270 e. The summed E-state index contributed by atoms with van der Waals surface area (Å²) in [6.45, 7) is 4.72. The zero-order chi connectivity index (χ0) is 13.0. The van der Waals surface area contributed by atoms with Crippen LogP contribution in [-0.4, -0.2) is 41.1 Å². The molecule has 4 nitrogen and oxygen atoms in total. The average Bonchev–Trinajstić information content (AvgIpc) is 2.82. The van der Waals surface area contributed by atoms with Gasteiger partial charge in [0.15, 0.2) is 0 Å². The van der Waals surface area contributed by atoms with Gasteiger partial charge in [0.2, 0.25) is 0 Å². The Kier molecular flexibility index (Phi) is 4.42. The molecule has 0 bridgehead atoms. The third-order valence-electron chi connectivity index (χ3n) is 3.68. The molecule has 2 heterocycles. The van der Waals surface area contributed by atoms with Gasteiger partial charge >= 0.3 is 0 Å². The highest BCUT2D eigenvalue weighted by Gasteiger charge is 2.21. The third-order valence-corrected chi connectivity index (χ3v) is 3.68. The lowest BCUT2D eigenvalue weighted by Gasteiger charge is -2.30. The number of likely N-dealkylation sites (N-methyl/N-ethyl adjacent to an activating group) is 1. The number of hydrogen-bond donors (Lipinski definition) is 1. The van der Waals surface area contributed by atoms with E-state index in [9.17, 15) is 4.79 Å². The molecule has 0 saturated carbocycles. The number of aryl methyl sites for hydroxylation is 1. The molecule has 0 aromatic carbocycles. The van der Waals surface area contributed by atoms with Gasteiger partial charge in [-0.3, -0.25) is 4.79 Å². The molecule has 1 atom stereocenters. The highest BCUT2D eigenvalue weighted by atomic mass is 16.2. The first-order valence-electron chi connectivity index (χ1n) is 6.86. The number of piperidine rings is 1. The van der Waals surface area contributed by atoms with E-state index >= 15 is 0 Å². The quantitative estimate of drug-likeness (QED) is 0.880. The highest BCUT2D eigenvalue weighted by molar-refractivity contribution is 5.92. The molecule has 1 aromatic heterocycles. The van der Waals surface area contributed by atoms with Crippen molar-refractivity contribution in [1.29, 1.82) is 0 Å². The Morgan fingerprint density at radius 1 is 1.56 bits per heavy atom. The van der Waals surface area contributed by atoms with Gasteiger partial charge in [-0.05, 0) is 38.4 Å². The van der Waals surface area contributed by atoms with Crippen molar-refractivity contribution in [2.24, 2.45) is 7.05 Å². The van der Waals surface area contributed by atoms with E-state index in [4.69, 9.17) is 0 Å². The Labute approximate surface area is 109 Å². The minimum absolute atomic E-state index is 0.136. The normalized spacial score (nSPS) is 19.8. The molecule has 0 spiro atoms. The summed E-state index contributed by atoms with van der Waals surface area (Å²) in [6, 6.07) is 4.27. The largest absolute Gasteiger partial charge is 0.347 e. The van der Waals surface area contributed by atoms with Crippen LogP contribution >= 0.6 is 0 Å². The van der Waals surface area contributed by atoms with Crippen molar-refractivity contribution in [3.05, 3.63) is 24.0 Å². The summed E-state index contributed by atoms with van der Waals surface area (Å²) in [5.74, 6) is 0.136. The third kappa shape index (κ3) is 2.93. The van der Waals surface area contributed by atoms with Crippen molar-refractivity contribution in [1.82, 2.24) is 14.8 Å². The second kappa shape index (κ2) is 6.05. The molecule has 1 aromatic rings. The van der Waals surface area contributed by atoms with Crippen LogP contribution in [0.4, 0.5) is 0 Å². The predicted molar refractivity (Wildman–Crippen MR) is 72.6 cm³/mol. The molecule has 0 radical (unpaired) electrons. The van der Waals surface area contributed by atoms with Gasteiger partial charge in [-0.1, -0.05) is 6.42 Å². The molecule has 1 aliphatic heterocycles. The molecule has 4 heteroatoms. The molecule has 1 amide bonds. The molecular weight excluding hydrogens is 226 g/mol. The molecule has 1 fully saturated rings. The van der Waals surface area contributed by atoms with Gasteiger partial charge in [0.25, 0.3) is 5.91 Å². The van der Waals surface area contributed by atoms with Gasteiger partial charge in [-0.2, -0.15) is 0 Å². The monoisotopic (exact) mass is 249 g/mol. The number of nitrogens with one attached hydrogen (secondary N) is 1. The van der Waals surface area contributed by atoms with Crippen molar-refractivity contribution in [2.45, 2.75) is 32.2 Å². The van der Waals surface area contributed by atoms with Crippen LogP contribution in [0.3, 0.4) is 0 Å². The number of rotatable bonds is 4. The highest BCUT2D eigenvalue weighted by Crippen LogP contribution is 2.11. The fraction of sp³-hybridized carbons (Fsp3) is 0.643. The lowest BCUT2D eigenvalue weighted by Crippen LogP contribution is -2.46. The molecule has 1 aliphatic rings. The first kappa shape index (κ1) is 13.1. The van der Waals surface area contributed by atoms with E-state index in [0.717, 1.165) is 25.3 Å². The molecule has 18 heavy (non-hydrogen) atoms. The lowest BCUT2D eigenvalue weighted by molar-refractivity contribution is 0.0732. The van der Waals surface area contributed by atoms with Crippen LogP contribution in [-0.2, 0) is 7.05 Å². The van der Waals surface area contributed by atoms with Crippen LogP contribution in [0.2, 0.25) is 0 Å². The SMILES string of the molecule is CCN(CC1CCCCN1)C(=O)c1cccn1C. The van der Waals surface area contributed by atoms with Crippen molar-refractivity contribution < 1.29 is 4.79 Å². The summed E-state index contributed by atoms with van der Waals surface area (Å²) in [4.78, 5) is 14.4. The number of hydrogen-bond acceptors (Lipinski definition) is 2. The van der Waals surface area contributed by atoms with Gasteiger partial charge < -0.3 is 14.8 Å². The summed E-state index contributed by atoms with van der Waals surface area (Å²) in [7, 11) is 1.92. The second-order valence-electron chi connectivity index (χ2n) is 4.99. The number of amides is 1. The predicted octanol–water partition coefficient (Wildman–Crippen LogP) is 1.63. The topological polar surface area (TPSA) is 37.3 Å². The first-order valence-corrected chi connectivity index (χ1v) is 6.86. The number of aromatic nitrogens is 1. The van der Waals surface area contributed by atoms with Crippen LogP contribution in [0.15, 0.2) is 18.3 Å². The lowest BCUT2D eigenvalue weighted by atomic mass is 10.0. The number of carbonyl (C=O) groups is 1. The molecular formula is C14H23N3O. The fourth-order valence-electron chi connectivity index (χ4n) is 2.55. The standard InChI is InChI=1S/C14H23N3O/c1-3-17(11-12-7-4-5-9-15-12)14(18)13-8-6-10-16(13)2/h6,8,10,12,15H,3-5,7,9,11H2,1-2H3. The van der Waals surface area contributed by atoms with Crippen molar-refractivity contribution in [3.8, 4) is 0 Å². The zero-order valence-corrected chi connectivity index (χ0v) is 11.4. The first-order chi connectivity index (χ1) is 8.72. The summed E-state index contributed by atoms with van der Waals surface area (Å²) >= 11 is 0. The maximum absolute atomic E-state index is 12.4. The van der Waals surface area contributed by atoms with Gasteiger partial charge in [-0.15, -0.1) is 0 Å². The molecule has 2 rings (SSSR count). The smallest absolute Gasteiger partial charge is 0.270 e. The molecule has 1 saturated heterocycles. The minimum atomic E-state index is 0.136. The van der Waals surface area contributed by atoms with E-state index in [1.807, 2.05) is 41.8 Å². The van der Waals surface area contributed by atoms with Gasteiger partial charge in [0.05, 0.1) is 0 Å². The van der Waals surface area contributed by atoms with Crippen LogP contribution in [0.1, 0.15) is 36.7 Å². The van der Waals surface area contributed by atoms with Gasteiger partial charge in [-0.25, -0.2) is 0 Å². The summed E-state index contributed by atoms with van der Waals surface area (Å²) < 4.78 is 1.89. The molecule has 1 N–H and O–H groups in total. The van der Waals surface area contributed by atoms with Crippen molar-refractivity contribution in [2.75, 3.05) is 19.6 Å². The Morgan fingerprint density at radius 2 is 2.39 bits per heavy atom. The van der Waals surface area contributed by atoms with Gasteiger partial charge in [0.1, 0.15) is 5.69 Å². The Balaban J connectivity index is 1.99. The van der Waals surface area contributed by atoms with Crippen LogP contribution in [0.25, 0.3) is 0 Å². The Hall–Kier alpha value is -1.29. The Bertz CT molecular complexity index is 393. The van der Waals surface area contributed by atoms with E-state index in [-0.39, 0.29) is 5.91 Å². The summed E-state index contributed by atoms with van der Waals surface area (Å²) in [5.41, 5.74) is 0.771. The average molecular weight is 249 g/mol. The van der Waals surface area contributed by atoms with Crippen molar-refractivity contribution >= 4 is 5.91 Å². The molecule has 100 valence electrons. The molecule has 1 unspecified atom stereocenters. The summed E-state index contributed by atoms with van der Waals surface area (Å²) in [6.07, 6.45) is 5.62. The number of carbonyl (C=O) groups excluding carboxylic acids is 1.